The first-order valence-electron chi connectivity index (χ1n) is 6.02. The second-order valence-electron chi connectivity index (χ2n) is 4.91. The summed E-state index contributed by atoms with van der Waals surface area (Å²) in [6.07, 6.45) is 8.96. The number of rotatable bonds is 1. The molecule has 0 aliphatic heterocycles. The zero-order valence-electron chi connectivity index (χ0n) is 9.60. The molecule has 0 amide bonds. The number of aryl methyl sites for hydroxylation is 2. The smallest absolute Gasteiger partial charge is 0.0141 e. The summed E-state index contributed by atoms with van der Waals surface area (Å²) in [5, 5.41) is 0. The lowest BCUT2D eigenvalue weighted by Gasteiger charge is -2.15. The minimum atomic E-state index is 0.799. The van der Waals surface area contributed by atoms with Crippen LogP contribution in [0.4, 0.5) is 0 Å². The third-order valence-electron chi connectivity index (χ3n) is 4.02. The Morgan fingerprint density at radius 1 is 1.20 bits per heavy atom. The molecule has 1 aromatic carbocycles. The van der Waals surface area contributed by atoms with E-state index in [4.69, 9.17) is 0 Å². The number of fused-ring (bicyclic) bond motifs is 2. The number of hydrogen-bond acceptors (Lipinski definition) is 1. The van der Waals surface area contributed by atoms with Gasteiger partial charge in [0.05, 0.1) is 0 Å². The third kappa shape index (κ3) is 1.36. The lowest BCUT2D eigenvalue weighted by atomic mass is 9.98. The van der Waals surface area contributed by atoms with Crippen molar-refractivity contribution in [2.24, 2.45) is 0 Å². The Balaban J connectivity index is 2.24. The molecule has 0 bridgehead atoms. The molecular weight excluding hydrogens is 200 g/mol. The normalized spacial score (nSPS) is 22.9. The second kappa shape index (κ2) is 3.55. The van der Waals surface area contributed by atoms with Crippen LogP contribution in [0.25, 0.3) is 0 Å². The summed E-state index contributed by atoms with van der Waals surface area (Å²) in [5.74, 6) is 0.799. The molecule has 0 aromatic heterocycles. The number of hydrogen-bond donors (Lipinski definition) is 0. The standard InChI is InChI=1S/C14H18S/c1-9-6-7-11-8-10-4-3-5-12(10)14(15-2)13(9)11/h8-9H,3-7H2,1-2H3/t9-/m0/s1. The van der Waals surface area contributed by atoms with Crippen LogP contribution in [0.5, 0.6) is 0 Å². The van der Waals surface area contributed by atoms with Crippen molar-refractivity contribution in [3.05, 3.63) is 28.3 Å². The SMILES string of the molecule is CSc1c2c(cc3c1[C@@H](C)CC3)CCC2. The van der Waals surface area contributed by atoms with Gasteiger partial charge in [-0.3, -0.25) is 0 Å². The zero-order chi connectivity index (χ0) is 10.4. The molecule has 1 heteroatoms. The van der Waals surface area contributed by atoms with Gasteiger partial charge in [0.1, 0.15) is 0 Å². The van der Waals surface area contributed by atoms with E-state index in [2.05, 4.69) is 19.2 Å². The molecule has 0 nitrogen and oxygen atoms in total. The molecular formula is C14H18S. The fourth-order valence-corrected chi connectivity index (χ4v) is 4.31. The lowest BCUT2D eigenvalue weighted by molar-refractivity contribution is 0.736. The Labute approximate surface area is 96.5 Å². The molecule has 3 rings (SSSR count). The molecule has 0 fully saturated rings. The van der Waals surface area contributed by atoms with E-state index in [0.29, 0.717) is 0 Å². The van der Waals surface area contributed by atoms with E-state index in [9.17, 15) is 0 Å². The molecule has 1 atom stereocenters. The summed E-state index contributed by atoms with van der Waals surface area (Å²) in [6, 6.07) is 2.51. The maximum atomic E-state index is 2.51. The molecule has 0 unspecified atom stereocenters. The molecule has 0 N–H and O–H groups in total. The highest BCUT2D eigenvalue weighted by Gasteiger charge is 2.27. The van der Waals surface area contributed by atoms with Crippen LogP contribution in [0, 0.1) is 0 Å². The molecule has 0 radical (unpaired) electrons. The molecule has 0 spiro atoms. The van der Waals surface area contributed by atoms with Crippen LogP contribution in [0.3, 0.4) is 0 Å². The van der Waals surface area contributed by atoms with Crippen LogP contribution in [0.2, 0.25) is 0 Å². The summed E-state index contributed by atoms with van der Waals surface area (Å²) in [5.41, 5.74) is 6.71. The average molecular weight is 218 g/mol. The van der Waals surface area contributed by atoms with Crippen molar-refractivity contribution in [3.8, 4) is 0 Å². The van der Waals surface area contributed by atoms with Gasteiger partial charge in [0.25, 0.3) is 0 Å². The van der Waals surface area contributed by atoms with Gasteiger partial charge in [-0.25, -0.2) is 0 Å². The largest absolute Gasteiger partial charge is 0.129 e. The highest BCUT2D eigenvalue weighted by molar-refractivity contribution is 7.98. The first-order valence-corrected chi connectivity index (χ1v) is 7.25. The Hall–Kier alpha value is -0.430. The van der Waals surface area contributed by atoms with Crippen LogP contribution in [0.15, 0.2) is 11.0 Å². The lowest BCUT2D eigenvalue weighted by Crippen LogP contribution is -1.96. The topological polar surface area (TPSA) is 0 Å². The first-order chi connectivity index (χ1) is 7.31. The molecule has 15 heavy (non-hydrogen) atoms. The minimum absolute atomic E-state index is 0.799. The fraction of sp³-hybridized carbons (Fsp3) is 0.571. The van der Waals surface area contributed by atoms with Crippen LogP contribution in [-0.4, -0.2) is 6.26 Å². The zero-order valence-corrected chi connectivity index (χ0v) is 10.4. The van der Waals surface area contributed by atoms with Crippen molar-refractivity contribution in [1.82, 2.24) is 0 Å². The Bertz CT molecular complexity index is 406. The quantitative estimate of drug-likeness (QED) is 0.643. The average Bonchev–Trinajstić information content (AvgIpc) is 2.83. The van der Waals surface area contributed by atoms with Crippen molar-refractivity contribution in [2.75, 3.05) is 6.26 Å². The van der Waals surface area contributed by atoms with Gasteiger partial charge in [0, 0.05) is 4.90 Å². The summed E-state index contributed by atoms with van der Waals surface area (Å²) in [7, 11) is 0. The van der Waals surface area contributed by atoms with Gasteiger partial charge in [-0.1, -0.05) is 13.0 Å². The van der Waals surface area contributed by atoms with Gasteiger partial charge >= 0.3 is 0 Å². The van der Waals surface area contributed by atoms with Crippen molar-refractivity contribution >= 4 is 11.8 Å². The minimum Gasteiger partial charge on any atom is -0.129 e. The van der Waals surface area contributed by atoms with Crippen LogP contribution in [-0.2, 0) is 19.3 Å². The van der Waals surface area contributed by atoms with Gasteiger partial charge in [-0.15, -0.1) is 11.8 Å². The summed E-state index contributed by atoms with van der Waals surface area (Å²) in [4.78, 5) is 1.64. The van der Waals surface area contributed by atoms with E-state index in [1.165, 1.54) is 32.1 Å². The van der Waals surface area contributed by atoms with Crippen molar-refractivity contribution in [1.29, 1.82) is 0 Å². The maximum absolute atomic E-state index is 2.51. The predicted octanol–water partition coefficient (Wildman–Crippen LogP) is 3.95. The van der Waals surface area contributed by atoms with Crippen LogP contribution in [0.1, 0.15) is 47.9 Å². The maximum Gasteiger partial charge on any atom is 0.0141 e. The van der Waals surface area contributed by atoms with E-state index in [1.54, 1.807) is 27.1 Å². The van der Waals surface area contributed by atoms with E-state index in [0.717, 1.165) is 5.92 Å². The fourth-order valence-electron chi connectivity index (χ4n) is 3.28. The van der Waals surface area contributed by atoms with Crippen LogP contribution >= 0.6 is 11.8 Å². The Kier molecular flexibility index (Phi) is 2.31. The van der Waals surface area contributed by atoms with E-state index >= 15 is 0 Å². The van der Waals surface area contributed by atoms with E-state index < -0.39 is 0 Å². The van der Waals surface area contributed by atoms with Crippen molar-refractivity contribution in [2.45, 2.75) is 49.8 Å². The molecule has 2 aliphatic rings. The molecule has 0 saturated heterocycles. The molecule has 1 aromatic rings. The summed E-state index contributed by atoms with van der Waals surface area (Å²) < 4.78 is 0. The van der Waals surface area contributed by atoms with Crippen LogP contribution < -0.4 is 0 Å². The Morgan fingerprint density at radius 3 is 2.87 bits per heavy atom. The molecule has 0 heterocycles. The summed E-state index contributed by atoms with van der Waals surface area (Å²) >= 11 is 1.98. The van der Waals surface area contributed by atoms with Gasteiger partial charge in [-0.05, 0) is 66.5 Å². The van der Waals surface area contributed by atoms with Gasteiger partial charge in [0.2, 0.25) is 0 Å². The van der Waals surface area contributed by atoms with E-state index in [1.807, 2.05) is 11.8 Å². The van der Waals surface area contributed by atoms with Gasteiger partial charge < -0.3 is 0 Å². The first kappa shape index (κ1) is 9.77. The van der Waals surface area contributed by atoms with Crippen molar-refractivity contribution in [3.63, 3.8) is 0 Å². The molecule has 80 valence electrons. The predicted molar refractivity (Wildman–Crippen MR) is 67.0 cm³/mol. The number of thioether (sulfide) groups is 1. The van der Waals surface area contributed by atoms with Crippen molar-refractivity contribution < 1.29 is 0 Å². The van der Waals surface area contributed by atoms with E-state index in [-0.39, 0.29) is 0 Å². The monoisotopic (exact) mass is 218 g/mol. The second-order valence-corrected chi connectivity index (χ2v) is 5.73. The third-order valence-corrected chi connectivity index (χ3v) is 4.89. The Morgan fingerprint density at radius 2 is 2.07 bits per heavy atom. The summed E-state index contributed by atoms with van der Waals surface area (Å²) in [6.45, 7) is 2.40. The number of benzene rings is 1. The molecule has 0 saturated carbocycles. The molecule has 2 aliphatic carbocycles. The van der Waals surface area contributed by atoms with Gasteiger partial charge in [0.15, 0.2) is 0 Å². The highest BCUT2D eigenvalue weighted by Crippen LogP contribution is 2.44. The van der Waals surface area contributed by atoms with Gasteiger partial charge in [-0.2, -0.15) is 0 Å². The highest BCUT2D eigenvalue weighted by atomic mass is 32.2.